The summed E-state index contributed by atoms with van der Waals surface area (Å²) in [5, 5.41) is 0. The molecule has 0 fully saturated rings. The van der Waals surface area contributed by atoms with Crippen molar-refractivity contribution in [2.75, 3.05) is 20.0 Å². The normalized spacial score (nSPS) is 13.4. The van der Waals surface area contributed by atoms with Crippen LogP contribution in [0.5, 0.6) is 5.75 Å². The molecule has 0 aromatic heterocycles. The van der Waals surface area contributed by atoms with Crippen LogP contribution in [0.4, 0.5) is 0 Å². The third-order valence-corrected chi connectivity index (χ3v) is 3.29. The maximum Gasteiger partial charge on any atom is 0.183 e. The zero-order chi connectivity index (χ0) is 12.2. The Kier molecular flexibility index (Phi) is 4.32. The Balaban J connectivity index is 3.06. The lowest BCUT2D eigenvalue weighted by molar-refractivity contribution is 0.166. The predicted molar refractivity (Wildman–Crippen MR) is 62.2 cm³/mol. The summed E-state index contributed by atoms with van der Waals surface area (Å²) in [6, 6.07) is 6.91. The van der Waals surface area contributed by atoms with Crippen molar-refractivity contribution in [3.8, 4) is 5.75 Å². The third kappa shape index (κ3) is 3.21. The molecule has 1 atom stereocenters. The maximum atomic E-state index is 11.5. The van der Waals surface area contributed by atoms with E-state index in [2.05, 4.69) is 0 Å². The van der Waals surface area contributed by atoms with Gasteiger partial charge in [0.2, 0.25) is 0 Å². The molecule has 0 saturated carbocycles. The van der Waals surface area contributed by atoms with Crippen LogP contribution in [0.15, 0.2) is 24.3 Å². The topological polar surface area (TPSA) is 52.6 Å². The molecule has 16 heavy (non-hydrogen) atoms. The van der Waals surface area contributed by atoms with Gasteiger partial charge in [0.15, 0.2) is 15.3 Å². The smallest absolute Gasteiger partial charge is 0.183 e. The van der Waals surface area contributed by atoms with Gasteiger partial charge in [0.1, 0.15) is 5.75 Å². The molecule has 5 heteroatoms. The van der Waals surface area contributed by atoms with Crippen LogP contribution in [0.2, 0.25) is 0 Å². The fourth-order valence-electron chi connectivity index (χ4n) is 1.48. The second kappa shape index (κ2) is 5.32. The summed E-state index contributed by atoms with van der Waals surface area (Å²) in [5.74, 6) is 0.644. The number of ether oxygens (including phenoxy) is 2. The van der Waals surface area contributed by atoms with Crippen LogP contribution in [0.1, 0.15) is 17.9 Å². The highest BCUT2D eigenvalue weighted by molar-refractivity contribution is 7.90. The molecule has 0 heterocycles. The van der Waals surface area contributed by atoms with Gasteiger partial charge in [0, 0.05) is 13.4 Å². The van der Waals surface area contributed by atoms with Gasteiger partial charge in [-0.25, -0.2) is 8.42 Å². The molecule has 0 aliphatic heterocycles. The number of benzene rings is 1. The monoisotopic (exact) mass is 244 g/mol. The first-order valence-electron chi connectivity index (χ1n) is 4.93. The van der Waals surface area contributed by atoms with E-state index in [1.807, 2.05) is 6.92 Å². The number of rotatable bonds is 5. The molecule has 0 aliphatic carbocycles. The van der Waals surface area contributed by atoms with E-state index in [1.165, 1.54) is 7.11 Å². The molecule has 1 aromatic carbocycles. The first-order chi connectivity index (χ1) is 7.49. The van der Waals surface area contributed by atoms with Gasteiger partial charge < -0.3 is 9.47 Å². The van der Waals surface area contributed by atoms with Crippen LogP contribution in [0, 0.1) is 0 Å². The highest BCUT2D eigenvalue weighted by Crippen LogP contribution is 2.25. The van der Waals surface area contributed by atoms with E-state index in [-0.39, 0.29) is 0 Å². The Bertz CT molecular complexity index is 439. The summed E-state index contributed by atoms with van der Waals surface area (Å²) in [6.07, 6.45) is 1.15. The van der Waals surface area contributed by atoms with E-state index < -0.39 is 15.3 Å². The van der Waals surface area contributed by atoms with Gasteiger partial charge in [-0.1, -0.05) is 12.1 Å². The van der Waals surface area contributed by atoms with Crippen molar-refractivity contribution in [3.63, 3.8) is 0 Å². The molecule has 0 spiro atoms. The number of hydrogen-bond donors (Lipinski definition) is 0. The van der Waals surface area contributed by atoms with Crippen LogP contribution >= 0.6 is 0 Å². The summed E-state index contributed by atoms with van der Waals surface area (Å²) >= 11 is 0. The van der Waals surface area contributed by atoms with E-state index >= 15 is 0 Å². The number of sulfone groups is 1. The van der Waals surface area contributed by atoms with Crippen molar-refractivity contribution in [1.29, 1.82) is 0 Å². The quantitative estimate of drug-likeness (QED) is 0.792. The van der Waals surface area contributed by atoms with Crippen LogP contribution < -0.4 is 4.74 Å². The fraction of sp³-hybridized carbons (Fsp3) is 0.455. The van der Waals surface area contributed by atoms with Crippen LogP contribution in [0.3, 0.4) is 0 Å². The minimum atomic E-state index is -3.28. The molecule has 0 aliphatic rings. The van der Waals surface area contributed by atoms with Crippen molar-refractivity contribution in [3.05, 3.63) is 29.8 Å². The molecule has 0 saturated heterocycles. The van der Waals surface area contributed by atoms with Gasteiger partial charge in [0.05, 0.1) is 6.61 Å². The van der Waals surface area contributed by atoms with Crippen molar-refractivity contribution in [2.45, 2.75) is 12.4 Å². The molecule has 4 nitrogen and oxygen atoms in total. The summed E-state index contributed by atoms with van der Waals surface area (Å²) < 4.78 is 33.2. The average molecular weight is 244 g/mol. The molecule has 0 amide bonds. The Morgan fingerprint density at radius 3 is 2.56 bits per heavy atom. The maximum absolute atomic E-state index is 11.5. The molecule has 1 rings (SSSR count). The Labute approximate surface area is 96.1 Å². The third-order valence-electron chi connectivity index (χ3n) is 2.04. The number of methoxy groups -OCH3 is 1. The lowest BCUT2D eigenvalue weighted by Gasteiger charge is -2.14. The van der Waals surface area contributed by atoms with E-state index in [1.54, 1.807) is 24.3 Å². The molecule has 0 bridgehead atoms. The minimum absolute atomic E-state index is 0.542. The van der Waals surface area contributed by atoms with E-state index in [0.717, 1.165) is 6.26 Å². The Morgan fingerprint density at radius 1 is 1.38 bits per heavy atom. The van der Waals surface area contributed by atoms with Crippen molar-refractivity contribution in [1.82, 2.24) is 0 Å². The summed E-state index contributed by atoms with van der Waals surface area (Å²) in [6.45, 7) is 2.41. The standard InChI is InChI=1S/C11H16O4S/c1-4-15-10-7-5-6-9(8-10)11(14-2)16(3,12)13/h5-8,11H,4H2,1-3H3. The van der Waals surface area contributed by atoms with Gasteiger partial charge in [-0.3, -0.25) is 0 Å². The van der Waals surface area contributed by atoms with Gasteiger partial charge in [-0.2, -0.15) is 0 Å². The van der Waals surface area contributed by atoms with Crippen molar-refractivity contribution < 1.29 is 17.9 Å². The molecule has 90 valence electrons. The summed E-state index contributed by atoms with van der Waals surface area (Å²) in [7, 11) is -1.90. The number of hydrogen-bond acceptors (Lipinski definition) is 4. The Hall–Kier alpha value is -1.07. The molecule has 1 aromatic rings. The first-order valence-corrected chi connectivity index (χ1v) is 6.89. The molecule has 0 radical (unpaired) electrons. The van der Waals surface area contributed by atoms with Gasteiger partial charge in [-0.15, -0.1) is 0 Å². The predicted octanol–water partition coefficient (Wildman–Crippen LogP) is 1.77. The highest BCUT2D eigenvalue weighted by atomic mass is 32.2. The second-order valence-corrected chi connectivity index (χ2v) is 5.49. The molecule has 1 unspecified atom stereocenters. The zero-order valence-corrected chi connectivity index (χ0v) is 10.5. The summed E-state index contributed by atoms with van der Waals surface area (Å²) in [4.78, 5) is 0. The van der Waals surface area contributed by atoms with Crippen molar-refractivity contribution in [2.24, 2.45) is 0 Å². The van der Waals surface area contributed by atoms with Gasteiger partial charge in [0.25, 0.3) is 0 Å². The molecular weight excluding hydrogens is 228 g/mol. The Morgan fingerprint density at radius 2 is 2.06 bits per heavy atom. The lowest BCUT2D eigenvalue weighted by Crippen LogP contribution is -2.13. The van der Waals surface area contributed by atoms with Crippen LogP contribution in [0.25, 0.3) is 0 Å². The van der Waals surface area contributed by atoms with Gasteiger partial charge in [-0.05, 0) is 24.6 Å². The van der Waals surface area contributed by atoms with E-state index in [4.69, 9.17) is 9.47 Å². The summed E-state index contributed by atoms with van der Waals surface area (Å²) in [5.41, 5.74) is -0.358. The average Bonchev–Trinajstić information content (AvgIpc) is 2.17. The molecule has 0 N–H and O–H groups in total. The van der Waals surface area contributed by atoms with E-state index in [9.17, 15) is 8.42 Å². The highest BCUT2D eigenvalue weighted by Gasteiger charge is 2.22. The molecular formula is C11H16O4S. The first kappa shape index (κ1) is 13.0. The van der Waals surface area contributed by atoms with E-state index in [0.29, 0.717) is 17.9 Å². The largest absolute Gasteiger partial charge is 0.494 e. The van der Waals surface area contributed by atoms with Crippen LogP contribution in [-0.2, 0) is 14.6 Å². The minimum Gasteiger partial charge on any atom is -0.494 e. The van der Waals surface area contributed by atoms with Gasteiger partial charge >= 0.3 is 0 Å². The second-order valence-electron chi connectivity index (χ2n) is 3.40. The van der Waals surface area contributed by atoms with Crippen molar-refractivity contribution >= 4 is 9.84 Å². The fourth-order valence-corrected chi connectivity index (χ4v) is 2.47. The zero-order valence-electron chi connectivity index (χ0n) is 9.64. The SMILES string of the molecule is CCOc1cccc(C(OC)S(C)(=O)=O)c1. The lowest BCUT2D eigenvalue weighted by atomic mass is 10.2. The van der Waals surface area contributed by atoms with Crippen LogP contribution in [-0.4, -0.2) is 28.4 Å².